The predicted molar refractivity (Wildman–Crippen MR) is 97.8 cm³/mol. The average Bonchev–Trinajstić information content (AvgIpc) is 3.08. The normalized spacial score (nSPS) is 22.9. The van der Waals surface area contributed by atoms with E-state index in [1.54, 1.807) is 13.0 Å². The summed E-state index contributed by atoms with van der Waals surface area (Å²) in [5, 5.41) is 3.10. The molecule has 0 aromatic heterocycles. The van der Waals surface area contributed by atoms with Gasteiger partial charge >= 0.3 is 0 Å². The predicted octanol–water partition coefficient (Wildman–Crippen LogP) is 2.91. The molecule has 25 heavy (non-hydrogen) atoms. The first-order valence-corrected chi connectivity index (χ1v) is 10.7. The van der Waals surface area contributed by atoms with Crippen LogP contribution in [0.2, 0.25) is 0 Å². The fourth-order valence-electron chi connectivity index (χ4n) is 3.95. The second-order valence-corrected chi connectivity index (χ2v) is 9.25. The molecule has 0 unspecified atom stereocenters. The second-order valence-electron chi connectivity index (χ2n) is 7.39. The summed E-state index contributed by atoms with van der Waals surface area (Å²) in [6, 6.07) is 5.07. The molecule has 1 N–H and O–H groups in total. The molecule has 1 aliphatic carbocycles. The minimum Gasteiger partial charge on any atom is -0.352 e. The van der Waals surface area contributed by atoms with E-state index in [1.165, 1.54) is 10.7 Å². The highest BCUT2D eigenvalue weighted by molar-refractivity contribution is 7.89. The molecule has 1 aromatic carbocycles. The molecule has 1 aromatic rings. The zero-order chi connectivity index (χ0) is 18.0. The van der Waals surface area contributed by atoms with Crippen molar-refractivity contribution in [1.82, 2.24) is 9.62 Å². The molecule has 6 heteroatoms. The Kier molecular flexibility index (Phi) is 5.49. The van der Waals surface area contributed by atoms with Gasteiger partial charge in [0.2, 0.25) is 15.9 Å². The third kappa shape index (κ3) is 3.90. The summed E-state index contributed by atoms with van der Waals surface area (Å²) < 4.78 is 27.7. The monoisotopic (exact) mass is 364 g/mol. The van der Waals surface area contributed by atoms with Crippen molar-refractivity contribution < 1.29 is 13.2 Å². The van der Waals surface area contributed by atoms with E-state index >= 15 is 0 Å². The van der Waals surface area contributed by atoms with Crippen LogP contribution in [0.1, 0.15) is 56.1 Å². The van der Waals surface area contributed by atoms with E-state index in [9.17, 15) is 13.2 Å². The molecule has 5 nitrogen and oxygen atoms in total. The summed E-state index contributed by atoms with van der Waals surface area (Å²) in [6.07, 6.45) is 6.84. The van der Waals surface area contributed by atoms with E-state index in [1.807, 2.05) is 19.1 Å². The Morgan fingerprint density at radius 2 is 1.80 bits per heavy atom. The van der Waals surface area contributed by atoms with Crippen LogP contribution in [0.5, 0.6) is 0 Å². The Bertz CT molecular complexity index is 739. The summed E-state index contributed by atoms with van der Waals surface area (Å²) >= 11 is 0. The lowest BCUT2D eigenvalue weighted by Gasteiger charge is -2.28. The summed E-state index contributed by atoms with van der Waals surface area (Å²) in [6.45, 7) is 4.10. The van der Waals surface area contributed by atoms with Gasteiger partial charge in [0.05, 0.1) is 4.90 Å². The van der Waals surface area contributed by atoms with Gasteiger partial charge in [-0.2, -0.15) is 4.31 Å². The zero-order valence-electron chi connectivity index (χ0n) is 15.1. The van der Waals surface area contributed by atoms with Crippen molar-refractivity contribution in [3.63, 3.8) is 0 Å². The van der Waals surface area contributed by atoms with Crippen molar-refractivity contribution in [2.45, 2.75) is 75.8 Å². The molecule has 2 fully saturated rings. The molecule has 3 rings (SSSR count). The summed E-state index contributed by atoms with van der Waals surface area (Å²) in [4.78, 5) is 13.1. The Balaban J connectivity index is 1.80. The number of carbonyl (C=O) groups is 1. The van der Waals surface area contributed by atoms with Gasteiger partial charge in [0, 0.05) is 12.6 Å². The van der Waals surface area contributed by atoms with E-state index in [0.717, 1.165) is 43.2 Å². The molecule has 1 amide bonds. The number of aryl methyl sites for hydroxylation is 2. The van der Waals surface area contributed by atoms with Crippen LogP contribution < -0.4 is 5.32 Å². The molecule has 1 saturated carbocycles. The summed E-state index contributed by atoms with van der Waals surface area (Å²) in [7, 11) is -3.65. The van der Waals surface area contributed by atoms with E-state index in [0.29, 0.717) is 17.9 Å². The average molecular weight is 365 g/mol. The minimum atomic E-state index is -3.65. The lowest BCUT2D eigenvalue weighted by Crippen LogP contribution is -2.49. The number of nitrogens with zero attached hydrogens (tertiary/aromatic N) is 1. The molecule has 0 bridgehead atoms. The molecular formula is C19H28N2O3S. The Labute approximate surface area is 150 Å². The number of amides is 1. The maximum atomic E-state index is 13.2. The molecule has 2 aliphatic rings. The number of hydrogen-bond acceptors (Lipinski definition) is 3. The van der Waals surface area contributed by atoms with Gasteiger partial charge in [-0.25, -0.2) is 8.42 Å². The van der Waals surface area contributed by atoms with E-state index in [2.05, 4.69) is 5.32 Å². The maximum Gasteiger partial charge on any atom is 0.244 e. The SMILES string of the molecule is Cc1ccc(C)c(S(=O)(=O)N2CCC[C@H]2C(=O)NC2CCCCC2)c1. The highest BCUT2D eigenvalue weighted by Gasteiger charge is 2.40. The van der Waals surface area contributed by atoms with Gasteiger partial charge in [0.1, 0.15) is 6.04 Å². The van der Waals surface area contributed by atoms with Crippen LogP contribution >= 0.6 is 0 Å². The first kappa shape index (κ1) is 18.4. The molecule has 0 radical (unpaired) electrons. The molecular weight excluding hydrogens is 336 g/mol. The molecule has 0 spiro atoms. The van der Waals surface area contributed by atoms with Crippen molar-refractivity contribution in [1.29, 1.82) is 0 Å². The highest BCUT2D eigenvalue weighted by atomic mass is 32.2. The van der Waals surface area contributed by atoms with Crippen molar-refractivity contribution in [3.05, 3.63) is 29.3 Å². The molecule has 1 atom stereocenters. The van der Waals surface area contributed by atoms with Crippen LogP contribution in [0.4, 0.5) is 0 Å². The van der Waals surface area contributed by atoms with Crippen LogP contribution in [0.25, 0.3) is 0 Å². The van der Waals surface area contributed by atoms with Gasteiger partial charge in [-0.15, -0.1) is 0 Å². The molecule has 1 aliphatic heterocycles. The Morgan fingerprint density at radius 1 is 1.08 bits per heavy atom. The molecule has 1 saturated heterocycles. The summed E-state index contributed by atoms with van der Waals surface area (Å²) in [5.41, 5.74) is 1.63. The zero-order valence-corrected chi connectivity index (χ0v) is 15.9. The van der Waals surface area contributed by atoms with Crippen LogP contribution in [-0.4, -0.2) is 37.3 Å². The van der Waals surface area contributed by atoms with E-state index in [-0.39, 0.29) is 11.9 Å². The maximum absolute atomic E-state index is 13.2. The largest absolute Gasteiger partial charge is 0.352 e. The van der Waals surface area contributed by atoms with Gasteiger partial charge < -0.3 is 5.32 Å². The second kappa shape index (κ2) is 7.46. The van der Waals surface area contributed by atoms with E-state index in [4.69, 9.17) is 0 Å². The fraction of sp³-hybridized carbons (Fsp3) is 0.632. The number of hydrogen-bond donors (Lipinski definition) is 1. The van der Waals surface area contributed by atoms with Crippen LogP contribution in [0.3, 0.4) is 0 Å². The van der Waals surface area contributed by atoms with Crippen molar-refractivity contribution in [2.24, 2.45) is 0 Å². The Morgan fingerprint density at radius 3 is 2.52 bits per heavy atom. The highest BCUT2D eigenvalue weighted by Crippen LogP contribution is 2.29. The first-order valence-electron chi connectivity index (χ1n) is 9.29. The number of sulfonamides is 1. The first-order chi connectivity index (χ1) is 11.9. The van der Waals surface area contributed by atoms with Gasteiger partial charge in [0.15, 0.2) is 0 Å². The quantitative estimate of drug-likeness (QED) is 0.893. The number of carbonyl (C=O) groups excluding carboxylic acids is 1. The fourth-order valence-corrected chi connectivity index (χ4v) is 5.91. The third-order valence-corrected chi connectivity index (χ3v) is 7.44. The summed E-state index contributed by atoms with van der Waals surface area (Å²) in [5.74, 6) is -0.127. The van der Waals surface area contributed by atoms with E-state index < -0.39 is 16.1 Å². The van der Waals surface area contributed by atoms with Gasteiger partial charge in [-0.05, 0) is 56.7 Å². The standard InChI is InChI=1S/C19H28N2O3S/c1-14-10-11-15(2)18(13-14)25(23,24)21-12-6-9-17(21)19(22)20-16-7-4-3-5-8-16/h10-11,13,16-17H,3-9,12H2,1-2H3,(H,20,22)/t17-/m0/s1. The van der Waals surface area contributed by atoms with Crippen LogP contribution in [-0.2, 0) is 14.8 Å². The van der Waals surface area contributed by atoms with Crippen molar-refractivity contribution in [3.8, 4) is 0 Å². The topological polar surface area (TPSA) is 66.5 Å². The van der Waals surface area contributed by atoms with Gasteiger partial charge in [0.25, 0.3) is 0 Å². The molecule has 1 heterocycles. The lowest BCUT2D eigenvalue weighted by atomic mass is 9.95. The third-order valence-electron chi connectivity index (χ3n) is 5.39. The van der Waals surface area contributed by atoms with Crippen LogP contribution in [0.15, 0.2) is 23.1 Å². The number of benzene rings is 1. The lowest BCUT2D eigenvalue weighted by molar-refractivity contribution is -0.125. The smallest absolute Gasteiger partial charge is 0.244 e. The minimum absolute atomic E-state index is 0.127. The van der Waals surface area contributed by atoms with Gasteiger partial charge in [-0.1, -0.05) is 31.4 Å². The van der Waals surface area contributed by atoms with Gasteiger partial charge in [-0.3, -0.25) is 4.79 Å². The Hall–Kier alpha value is -1.40. The molecule has 138 valence electrons. The number of nitrogens with one attached hydrogen (secondary N) is 1. The van der Waals surface area contributed by atoms with Crippen molar-refractivity contribution >= 4 is 15.9 Å². The number of rotatable bonds is 4. The van der Waals surface area contributed by atoms with Crippen LogP contribution in [0, 0.1) is 13.8 Å². The van der Waals surface area contributed by atoms with Crippen molar-refractivity contribution in [2.75, 3.05) is 6.54 Å².